The lowest BCUT2D eigenvalue weighted by molar-refractivity contribution is -0.0974. The van der Waals surface area contributed by atoms with Gasteiger partial charge in [0.05, 0.1) is 19.8 Å². The van der Waals surface area contributed by atoms with Gasteiger partial charge in [0.25, 0.3) is 0 Å². The minimum atomic E-state index is -1.39. The van der Waals surface area contributed by atoms with Crippen molar-refractivity contribution in [1.82, 2.24) is 0 Å². The second-order valence-corrected chi connectivity index (χ2v) is 2.63. The van der Waals surface area contributed by atoms with E-state index in [2.05, 4.69) is 6.58 Å². The zero-order chi connectivity index (χ0) is 10.3. The van der Waals surface area contributed by atoms with Crippen molar-refractivity contribution in [1.29, 1.82) is 0 Å². The van der Waals surface area contributed by atoms with Crippen LogP contribution in [0.4, 0.5) is 0 Å². The molecule has 0 rings (SSSR count). The van der Waals surface area contributed by atoms with Gasteiger partial charge in [-0.25, -0.2) is 0 Å². The number of rotatable bonds is 7. The Balaban J connectivity index is 3.67. The summed E-state index contributed by atoms with van der Waals surface area (Å²) >= 11 is 0. The Kier molecular flexibility index (Phi) is 6.75. The highest BCUT2D eigenvalue weighted by Gasteiger charge is 2.23. The summed E-state index contributed by atoms with van der Waals surface area (Å²) in [7, 11) is 0. The van der Waals surface area contributed by atoms with E-state index < -0.39 is 24.9 Å². The standard InChI is InChI=1S/C8H16O5/c1-2-3-13-5-7(11)8(12)6(10)4-9/h2,6-12H,1,3-5H2. The van der Waals surface area contributed by atoms with Crippen LogP contribution in [0, 0.1) is 0 Å². The molecule has 0 aromatic carbocycles. The fourth-order valence-corrected chi connectivity index (χ4v) is 0.735. The van der Waals surface area contributed by atoms with Crippen LogP contribution in [0.3, 0.4) is 0 Å². The van der Waals surface area contributed by atoms with Crippen molar-refractivity contribution in [2.75, 3.05) is 19.8 Å². The summed E-state index contributed by atoms with van der Waals surface area (Å²) in [6.45, 7) is 2.95. The van der Waals surface area contributed by atoms with Gasteiger partial charge in [-0.05, 0) is 0 Å². The van der Waals surface area contributed by atoms with Gasteiger partial charge in [-0.1, -0.05) is 6.08 Å². The summed E-state index contributed by atoms with van der Waals surface area (Å²) in [5.74, 6) is 0. The van der Waals surface area contributed by atoms with E-state index >= 15 is 0 Å². The second kappa shape index (κ2) is 6.99. The maximum Gasteiger partial charge on any atom is 0.110 e. The molecule has 5 heteroatoms. The number of hydrogen-bond acceptors (Lipinski definition) is 5. The number of hydrogen-bond donors (Lipinski definition) is 4. The van der Waals surface area contributed by atoms with Crippen molar-refractivity contribution in [2.45, 2.75) is 18.3 Å². The van der Waals surface area contributed by atoms with Crippen molar-refractivity contribution >= 4 is 0 Å². The molecule has 0 bridgehead atoms. The number of ether oxygens (including phenoxy) is 1. The van der Waals surface area contributed by atoms with Gasteiger partial charge in [0, 0.05) is 0 Å². The highest BCUT2D eigenvalue weighted by Crippen LogP contribution is 2.00. The summed E-state index contributed by atoms with van der Waals surface area (Å²) in [5, 5.41) is 35.7. The molecule has 0 aromatic rings. The molecule has 0 spiro atoms. The van der Waals surface area contributed by atoms with Crippen LogP contribution in [0.2, 0.25) is 0 Å². The maximum absolute atomic E-state index is 9.17. The quantitative estimate of drug-likeness (QED) is 0.284. The molecule has 0 radical (unpaired) electrons. The van der Waals surface area contributed by atoms with Crippen molar-refractivity contribution in [3.8, 4) is 0 Å². The molecule has 0 aliphatic carbocycles. The van der Waals surface area contributed by atoms with Crippen LogP contribution in [0.25, 0.3) is 0 Å². The predicted octanol–water partition coefficient (Wildman–Crippen LogP) is -1.74. The third-order valence-electron chi connectivity index (χ3n) is 1.50. The van der Waals surface area contributed by atoms with Crippen LogP contribution in [0.15, 0.2) is 12.7 Å². The largest absolute Gasteiger partial charge is 0.394 e. The van der Waals surface area contributed by atoms with E-state index in [1.54, 1.807) is 0 Å². The molecular weight excluding hydrogens is 176 g/mol. The first-order chi connectivity index (χ1) is 6.13. The Labute approximate surface area is 76.9 Å². The Morgan fingerprint density at radius 3 is 2.31 bits per heavy atom. The zero-order valence-electron chi connectivity index (χ0n) is 7.33. The molecule has 3 atom stereocenters. The third kappa shape index (κ3) is 4.97. The first-order valence-electron chi connectivity index (χ1n) is 3.97. The molecule has 13 heavy (non-hydrogen) atoms. The SMILES string of the molecule is C=CCOCC(O)C(O)C(O)CO. The van der Waals surface area contributed by atoms with E-state index in [4.69, 9.17) is 25.2 Å². The van der Waals surface area contributed by atoms with Gasteiger partial charge in [0.2, 0.25) is 0 Å². The zero-order valence-corrected chi connectivity index (χ0v) is 7.33. The monoisotopic (exact) mass is 192 g/mol. The number of aliphatic hydroxyl groups excluding tert-OH is 4. The van der Waals surface area contributed by atoms with Crippen LogP contribution >= 0.6 is 0 Å². The van der Waals surface area contributed by atoms with Crippen molar-refractivity contribution in [3.05, 3.63) is 12.7 Å². The summed E-state index contributed by atoms with van der Waals surface area (Å²) in [6.07, 6.45) is -2.44. The van der Waals surface area contributed by atoms with E-state index in [-0.39, 0.29) is 13.2 Å². The van der Waals surface area contributed by atoms with Gasteiger partial charge < -0.3 is 25.2 Å². The van der Waals surface area contributed by atoms with Gasteiger partial charge >= 0.3 is 0 Å². The normalized spacial score (nSPS) is 17.8. The Morgan fingerprint density at radius 2 is 1.85 bits per heavy atom. The molecule has 5 nitrogen and oxygen atoms in total. The molecule has 0 aliphatic rings. The second-order valence-electron chi connectivity index (χ2n) is 2.63. The van der Waals surface area contributed by atoms with E-state index in [1.807, 2.05) is 0 Å². The molecule has 0 saturated heterocycles. The van der Waals surface area contributed by atoms with Gasteiger partial charge in [-0.15, -0.1) is 6.58 Å². The lowest BCUT2D eigenvalue weighted by atomic mass is 10.1. The summed E-state index contributed by atoms with van der Waals surface area (Å²) < 4.78 is 4.84. The molecule has 4 N–H and O–H groups in total. The molecule has 0 aliphatic heterocycles. The Morgan fingerprint density at radius 1 is 1.23 bits per heavy atom. The van der Waals surface area contributed by atoms with E-state index in [0.717, 1.165) is 0 Å². The lowest BCUT2D eigenvalue weighted by Gasteiger charge is -2.20. The topological polar surface area (TPSA) is 90.2 Å². The van der Waals surface area contributed by atoms with E-state index in [0.29, 0.717) is 0 Å². The van der Waals surface area contributed by atoms with Crippen LogP contribution in [-0.4, -0.2) is 58.6 Å². The molecule has 0 aromatic heterocycles. The predicted molar refractivity (Wildman–Crippen MR) is 46.1 cm³/mol. The first-order valence-corrected chi connectivity index (χ1v) is 3.97. The molecule has 0 saturated carbocycles. The van der Waals surface area contributed by atoms with E-state index in [9.17, 15) is 0 Å². The highest BCUT2D eigenvalue weighted by atomic mass is 16.5. The molecule has 78 valence electrons. The lowest BCUT2D eigenvalue weighted by Crippen LogP contribution is -2.41. The van der Waals surface area contributed by atoms with Crippen molar-refractivity contribution < 1.29 is 25.2 Å². The molecular formula is C8H16O5. The summed E-state index contributed by atoms with van der Waals surface area (Å²) in [5.41, 5.74) is 0. The Hall–Kier alpha value is -0.460. The van der Waals surface area contributed by atoms with Crippen molar-refractivity contribution in [2.24, 2.45) is 0 Å². The average molecular weight is 192 g/mol. The minimum Gasteiger partial charge on any atom is -0.394 e. The van der Waals surface area contributed by atoms with Gasteiger partial charge in [0.15, 0.2) is 0 Å². The minimum absolute atomic E-state index is 0.107. The van der Waals surface area contributed by atoms with Gasteiger partial charge in [-0.2, -0.15) is 0 Å². The number of aliphatic hydroxyl groups is 4. The van der Waals surface area contributed by atoms with E-state index in [1.165, 1.54) is 6.08 Å². The van der Waals surface area contributed by atoms with Crippen LogP contribution in [-0.2, 0) is 4.74 Å². The van der Waals surface area contributed by atoms with Crippen LogP contribution in [0.5, 0.6) is 0 Å². The summed E-state index contributed by atoms with van der Waals surface area (Å²) in [6, 6.07) is 0. The molecule has 0 heterocycles. The first kappa shape index (κ1) is 12.5. The smallest absolute Gasteiger partial charge is 0.110 e. The third-order valence-corrected chi connectivity index (χ3v) is 1.50. The highest BCUT2D eigenvalue weighted by molar-refractivity contribution is 4.74. The molecule has 3 unspecified atom stereocenters. The summed E-state index contributed by atoms with van der Waals surface area (Å²) in [4.78, 5) is 0. The fraction of sp³-hybridized carbons (Fsp3) is 0.750. The maximum atomic E-state index is 9.17. The average Bonchev–Trinajstić information content (AvgIpc) is 2.15. The van der Waals surface area contributed by atoms with Crippen LogP contribution in [0.1, 0.15) is 0 Å². The van der Waals surface area contributed by atoms with Gasteiger partial charge in [0.1, 0.15) is 18.3 Å². The fourth-order valence-electron chi connectivity index (χ4n) is 0.735. The van der Waals surface area contributed by atoms with Crippen LogP contribution < -0.4 is 0 Å². The molecule has 0 fully saturated rings. The Bertz CT molecular complexity index is 138. The van der Waals surface area contributed by atoms with Crippen molar-refractivity contribution in [3.63, 3.8) is 0 Å². The molecule has 0 amide bonds. The van der Waals surface area contributed by atoms with Gasteiger partial charge in [-0.3, -0.25) is 0 Å².